The first kappa shape index (κ1) is 29.5. The van der Waals surface area contributed by atoms with E-state index in [-0.39, 0.29) is 6.67 Å². The number of anilines is 1. The molecule has 0 N–H and O–H groups in total. The minimum Gasteiger partial charge on any atom is -0.367 e. The molecule has 4 aromatic rings. The lowest BCUT2D eigenvalue weighted by atomic mass is 10.0. The number of aliphatic imine (C=N–C) groups is 1. The van der Waals surface area contributed by atoms with Crippen molar-refractivity contribution in [1.82, 2.24) is 19.0 Å². The number of carbonyl (C=O) groups is 1. The molecule has 0 amide bonds. The predicted octanol–water partition coefficient (Wildman–Crippen LogP) is 6.58. The Bertz CT molecular complexity index is 1540. The molecule has 1 fully saturated rings. The number of benzene rings is 2. The third-order valence-corrected chi connectivity index (χ3v) is 8.13. The third kappa shape index (κ3) is 7.05. The van der Waals surface area contributed by atoms with E-state index in [2.05, 4.69) is 85.2 Å². The van der Waals surface area contributed by atoms with Crippen LogP contribution in [0.4, 0.5) is 15.8 Å². The van der Waals surface area contributed by atoms with Crippen LogP contribution in [-0.2, 0) is 26.1 Å². The van der Waals surface area contributed by atoms with Crippen molar-refractivity contribution in [2.24, 2.45) is 10.9 Å². The van der Waals surface area contributed by atoms with Crippen molar-refractivity contribution in [1.29, 1.82) is 0 Å². The van der Waals surface area contributed by atoms with Gasteiger partial charge in [0.25, 0.3) is 0 Å². The molecule has 2 aromatic heterocycles. The van der Waals surface area contributed by atoms with E-state index in [0.29, 0.717) is 43.1 Å². The standard InChI is InChI=1S/C34H41FN6O/c1-36-32-20-30(24-42)28(12-17-38(2)15-6-13-35)21-33(32)39(3)23-31-19-29-8-4-7-27(9-5-16-40-18-14-37-25-40)34(29)41(31)22-26-10-11-26/h4-5,7-9,14,18-21,24-26H,1,6,10-13,15-17,22-23H2,2-3H3/b9-5+. The maximum absolute atomic E-state index is 12.6. The fourth-order valence-corrected chi connectivity index (χ4v) is 5.61. The number of para-hydroxylation sites is 1. The molecule has 0 atom stereocenters. The zero-order valence-corrected chi connectivity index (χ0v) is 24.8. The second kappa shape index (κ2) is 13.7. The smallest absolute Gasteiger partial charge is 0.150 e. The quantitative estimate of drug-likeness (QED) is 0.113. The van der Waals surface area contributed by atoms with Gasteiger partial charge in [0.1, 0.15) is 6.29 Å². The molecule has 220 valence electrons. The van der Waals surface area contributed by atoms with E-state index >= 15 is 0 Å². The SMILES string of the molecule is C=Nc1cc(C=O)c(CCN(C)CCCF)cc1N(C)Cc1cc2cccc(/C=C/Cn3ccnc3)c2n1CC1CC1. The summed E-state index contributed by atoms with van der Waals surface area (Å²) in [5.74, 6) is 0.714. The van der Waals surface area contributed by atoms with Crippen LogP contribution < -0.4 is 4.90 Å². The number of fused-ring (bicyclic) bond motifs is 1. The van der Waals surface area contributed by atoms with Crippen molar-refractivity contribution in [2.75, 3.05) is 38.8 Å². The second-order valence-corrected chi connectivity index (χ2v) is 11.4. The van der Waals surface area contributed by atoms with Crippen LogP contribution in [0.5, 0.6) is 0 Å². The number of carbonyl (C=O) groups excluding carboxylic acids is 1. The van der Waals surface area contributed by atoms with Gasteiger partial charge in [-0.2, -0.15) is 0 Å². The van der Waals surface area contributed by atoms with Crippen LogP contribution >= 0.6 is 0 Å². The Morgan fingerprint density at radius 2 is 2.02 bits per heavy atom. The molecule has 0 bridgehead atoms. The van der Waals surface area contributed by atoms with Crippen LogP contribution in [0.2, 0.25) is 0 Å². The summed E-state index contributed by atoms with van der Waals surface area (Å²) in [5.41, 5.74) is 6.97. The van der Waals surface area contributed by atoms with E-state index in [1.54, 1.807) is 6.20 Å². The Morgan fingerprint density at radius 3 is 2.74 bits per heavy atom. The molecule has 5 rings (SSSR count). The monoisotopic (exact) mass is 568 g/mol. The van der Waals surface area contributed by atoms with Crippen molar-refractivity contribution >= 4 is 41.4 Å². The normalized spacial score (nSPS) is 13.4. The summed E-state index contributed by atoms with van der Waals surface area (Å²) < 4.78 is 17.2. The first-order chi connectivity index (χ1) is 20.5. The average Bonchev–Trinajstić information content (AvgIpc) is 3.54. The summed E-state index contributed by atoms with van der Waals surface area (Å²) in [7, 11) is 4.07. The second-order valence-electron chi connectivity index (χ2n) is 11.4. The number of rotatable bonds is 16. The number of hydrogen-bond acceptors (Lipinski definition) is 5. The first-order valence-corrected chi connectivity index (χ1v) is 14.8. The molecule has 42 heavy (non-hydrogen) atoms. The minimum absolute atomic E-state index is 0.320. The maximum Gasteiger partial charge on any atom is 0.150 e. The number of alkyl halides is 1. The minimum atomic E-state index is -0.320. The molecular weight excluding hydrogens is 527 g/mol. The van der Waals surface area contributed by atoms with E-state index in [1.165, 1.54) is 35.0 Å². The van der Waals surface area contributed by atoms with Gasteiger partial charge in [0, 0.05) is 62.3 Å². The zero-order chi connectivity index (χ0) is 29.5. The van der Waals surface area contributed by atoms with Gasteiger partial charge in [0.2, 0.25) is 0 Å². The highest BCUT2D eigenvalue weighted by Gasteiger charge is 2.25. The molecule has 0 unspecified atom stereocenters. The van der Waals surface area contributed by atoms with Crippen molar-refractivity contribution in [2.45, 2.75) is 45.3 Å². The van der Waals surface area contributed by atoms with Crippen LogP contribution in [0.15, 0.2) is 66.2 Å². The zero-order valence-electron chi connectivity index (χ0n) is 24.8. The van der Waals surface area contributed by atoms with Gasteiger partial charge < -0.3 is 18.9 Å². The Labute approximate surface area is 248 Å². The molecule has 7 nitrogen and oxygen atoms in total. The van der Waals surface area contributed by atoms with Gasteiger partial charge >= 0.3 is 0 Å². The fraction of sp³-hybridized carbons (Fsp3) is 0.382. The molecule has 8 heteroatoms. The van der Waals surface area contributed by atoms with E-state index < -0.39 is 0 Å². The lowest BCUT2D eigenvalue weighted by molar-refractivity contribution is 0.112. The summed E-state index contributed by atoms with van der Waals surface area (Å²) >= 11 is 0. The van der Waals surface area contributed by atoms with Gasteiger partial charge in [0.15, 0.2) is 0 Å². The van der Waals surface area contributed by atoms with Crippen molar-refractivity contribution in [3.63, 3.8) is 0 Å². The largest absolute Gasteiger partial charge is 0.367 e. The maximum atomic E-state index is 12.6. The van der Waals surface area contributed by atoms with Crippen LogP contribution in [0, 0.1) is 5.92 Å². The van der Waals surface area contributed by atoms with Gasteiger partial charge in [-0.05, 0) is 74.7 Å². The summed E-state index contributed by atoms with van der Waals surface area (Å²) in [6, 6.07) is 12.7. The summed E-state index contributed by atoms with van der Waals surface area (Å²) in [4.78, 5) is 24.7. The predicted molar refractivity (Wildman–Crippen MR) is 171 cm³/mol. The number of hydrogen-bond donors (Lipinski definition) is 0. The van der Waals surface area contributed by atoms with Gasteiger partial charge in [-0.1, -0.05) is 30.4 Å². The Kier molecular flexibility index (Phi) is 9.64. The molecule has 0 aliphatic heterocycles. The third-order valence-electron chi connectivity index (χ3n) is 8.13. The highest BCUT2D eigenvalue weighted by molar-refractivity contribution is 5.90. The Balaban J connectivity index is 1.44. The number of allylic oxidation sites excluding steroid dienone is 1. The summed E-state index contributed by atoms with van der Waals surface area (Å²) in [6.45, 7) is 7.39. The number of aldehydes is 1. The molecule has 1 saturated carbocycles. The van der Waals surface area contributed by atoms with Gasteiger partial charge in [-0.3, -0.25) is 14.2 Å². The van der Waals surface area contributed by atoms with Crippen molar-refractivity contribution in [3.05, 3.63) is 83.6 Å². The van der Waals surface area contributed by atoms with E-state index in [0.717, 1.165) is 37.2 Å². The molecular formula is C34H41FN6O. The molecule has 0 saturated heterocycles. The Morgan fingerprint density at radius 1 is 1.17 bits per heavy atom. The summed E-state index contributed by atoms with van der Waals surface area (Å²) in [5, 5.41) is 1.24. The number of aromatic nitrogens is 3. The van der Waals surface area contributed by atoms with Crippen molar-refractivity contribution in [3.8, 4) is 0 Å². The Hall–Kier alpha value is -4.04. The van der Waals surface area contributed by atoms with Gasteiger partial charge in [-0.15, -0.1) is 0 Å². The van der Waals surface area contributed by atoms with Crippen LogP contribution in [0.3, 0.4) is 0 Å². The number of nitrogens with zero attached hydrogens (tertiary/aromatic N) is 6. The molecule has 1 aliphatic carbocycles. The molecule has 2 aromatic carbocycles. The van der Waals surface area contributed by atoms with E-state index in [1.807, 2.05) is 25.6 Å². The topological polar surface area (TPSA) is 58.7 Å². The molecule has 1 aliphatic rings. The highest BCUT2D eigenvalue weighted by Crippen LogP contribution is 2.36. The van der Waals surface area contributed by atoms with Crippen LogP contribution in [0.25, 0.3) is 17.0 Å². The molecule has 0 radical (unpaired) electrons. The number of halogens is 1. The van der Waals surface area contributed by atoms with E-state index in [9.17, 15) is 9.18 Å². The van der Waals surface area contributed by atoms with Crippen LogP contribution in [-0.4, -0.2) is 65.9 Å². The van der Waals surface area contributed by atoms with Gasteiger partial charge in [0.05, 0.1) is 36.4 Å². The summed E-state index contributed by atoms with van der Waals surface area (Å²) in [6.07, 6.45) is 14.7. The highest BCUT2D eigenvalue weighted by atomic mass is 19.1. The lowest BCUT2D eigenvalue weighted by Crippen LogP contribution is -2.23. The van der Waals surface area contributed by atoms with Crippen LogP contribution in [0.1, 0.15) is 46.4 Å². The lowest BCUT2D eigenvalue weighted by Gasteiger charge is -2.24. The first-order valence-electron chi connectivity index (χ1n) is 14.8. The average molecular weight is 569 g/mol. The van der Waals surface area contributed by atoms with Gasteiger partial charge in [-0.25, -0.2) is 4.98 Å². The van der Waals surface area contributed by atoms with Crippen molar-refractivity contribution < 1.29 is 9.18 Å². The van der Waals surface area contributed by atoms with E-state index in [4.69, 9.17) is 0 Å². The molecule has 2 heterocycles. The molecule has 0 spiro atoms. The fourth-order valence-electron chi connectivity index (χ4n) is 5.61. The number of likely N-dealkylation sites (N-methyl/N-ethyl adjacent to an activating group) is 1. The number of imidazole rings is 1.